The first kappa shape index (κ1) is 11.1. The van der Waals surface area contributed by atoms with Gasteiger partial charge in [-0.05, 0) is 18.2 Å². The molecule has 0 saturated heterocycles. The zero-order valence-electron chi connectivity index (χ0n) is 10.7. The molecular weight excluding hydrogens is 254 g/mol. The van der Waals surface area contributed by atoms with Crippen LogP contribution in [0.25, 0.3) is 16.9 Å². The van der Waals surface area contributed by atoms with Crippen LogP contribution in [0.3, 0.4) is 0 Å². The van der Waals surface area contributed by atoms with E-state index in [0.717, 1.165) is 29.2 Å². The monoisotopic (exact) mass is 267 g/mol. The van der Waals surface area contributed by atoms with E-state index in [-0.39, 0.29) is 0 Å². The van der Waals surface area contributed by atoms with Crippen molar-refractivity contribution in [2.45, 2.75) is 0 Å². The lowest BCUT2D eigenvalue weighted by molar-refractivity contribution is 0.323. The lowest BCUT2D eigenvalue weighted by Gasteiger charge is -2.19. The molecular formula is C14H13N5O. The van der Waals surface area contributed by atoms with Gasteiger partial charge in [0.1, 0.15) is 12.4 Å². The molecule has 0 amide bonds. The van der Waals surface area contributed by atoms with Gasteiger partial charge >= 0.3 is 0 Å². The standard InChI is InChI=1S/C14H13N5O/c15-13-14-17-3-5-19(14)8-11(18-13)9-1-2-12-10(7-9)16-4-6-20-12/h1-3,5,7-8,16H,4,6H2,(H2,15,18). The third-order valence-electron chi connectivity index (χ3n) is 3.35. The van der Waals surface area contributed by atoms with Crippen LogP contribution in [0.4, 0.5) is 11.5 Å². The minimum Gasteiger partial charge on any atom is -0.490 e. The molecule has 0 aliphatic carbocycles. The number of rotatable bonds is 1. The average molecular weight is 267 g/mol. The molecule has 0 unspecified atom stereocenters. The zero-order chi connectivity index (χ0) is 13.5. The Hall–Kier alpha value is -2.76. The van der Waals surface area contributed by atoms with Gasteiger partial charge in [0.2, 0.25) is 0 Å². The van der Waals surface area contributed by atoms with Crippen molar-refractivity contribution in [3.05, 3.63) is 36.8 Å². The molecule has 2 aromatic heterocycles. The minimum absolute atomic E-state index is 0.425. The molecule has 1 aliphatic heterocycles. The van der Waals surface area contributed by atoms with Crippen LogP contribution < -0.4 is 15.8 Å². The number of benzene rings is 1. The van der Waals surface area contributed by atoms with E-state index < -0.39 is 0 Å². The molecule has 3 N–H and O–H groups in total. The molecule has 0 bridgehead atoms. The predicted octanol–water partition coefficient (Wildman–Crippen LogP) is 1.78. The number of nitrogens with zero attached hydrogens (tertiary/aromatic N) is 3. The third kappa shape index (κ3) is 1.65. The largest absolute Gasteiger partial charge is 0.490 e. The summed E-state index contributed by atoms with van der Waals surface area (Å²) in [6, 6.07) is 5.96. The second-order valence-electron chi connectivity index (χ2n) is 4.66. The Morgan fingerprint density at radius 1 is 1.35 bits per heavy atom. The Kier molecular flexibility index (Phi) is 2.29. The number of aromatic nitrogens is 3. The molecule has 0 atom stereocenters. The summed E-state index contributed by atoms with van der Waals surface area (Å²) in [5, 5.41) is 3.32. The van der Waals surface area contributed by atoms with Crippen molar-refractivity contribution in [1.82, 2.24) is 14.4 Å². The Balaban J connectivity index is 1.86. The second kappa shape index (κ2) is 4.12. The second-order valence-corrected chi connectivity index (χ2v) is 4.66. The molecule has 6 heteroatoms. The summed E-state index contributed by atoms with van der Waals surface area (Å²) in [5.41, 5.74) is 9.40. The smallest absolute Gasteiger partial charge is 0.179 e. The summed E-state index contributed by atoms with van der Waals surface area (Å²) < 4.78 is 7.45. The maximum absolute atomic E-state index is 5.94. The lowest BCUT2D eigenvalue weighted by atomic mass is 10.1. The van der Waals surface area contributed by atoms with Crippen molar-refractivity contribution in [1.29, 1.82) is 0 Å². The predicted molar refractivity (Wildman–Crippen MR) is 76.8 cm³/mol. The van der Waals surface area contributed by atoms with Crippen LogP contribution in [0, 0.1) is 0 Å². The van der Waals surface area contributed by atoms with Crippen molar-refractivity contribution < 1.29 is 4.74 Å². The molecule has 0 spiro atoms. The van der Waals surface area contributed by atoms with E-state index in [9.17, 15) is 0 Å². The first-order chi connectivity index (χ1) is 9.81. The maximum atomic E-state index is 5.94. The first-order valence-electron chi connectivity index (χ1n) is 6.41. The van der Waals surface area contributed by atoms with Gasteiger partial charge in [-0.3, -0.25) is 0 Å². The molecule has 3 heterocycles. The fourth-order valence-electron chi connectivity index (χ4n) is 2.40. The number of nitrogens with two attached hydrogens (primary N) is 1. The fourth-order valence-corrected chi connectivity index (χ4v) is 2.40. The van der Waals surface area contributed by atoms with Gasteiger partial charge < -0.3 is 20.2 Å². The van der Waals surface area contributed by atoms with Gasteiger partial charge in [-0.1, -0.05) is 0 Å². The van der Waals surface area contributed by atoms with Crippen LogP contribution in [0.2, 0.25) is 0 Å². The van der Waals surface area contributed by atoms with Gasteiger partial charge in [-0.2, -0.15) is 0 Å². The van der Waals surface area contributed by atoms with Gasteiger partial charge in [-0.25, -0.2) is 9.97 Å². The quantitative estimate of drug-likeness (QED) is 0.702. The van der Waals surface area contributed by atoms with Crippen LogP contribution >= 0.6 is 0 Å². The number of nitrogen functional groups attached to an aromatic ring is 1. The van der Waals surface area contributed by atoms with Gasteiger partial charge in [0, 0.05) is 30.7 Å². The summed E-state index contributed by atoms with van der Waals surface area (Å²) in [5.74, 6) is 1.30. The fraction of sp³-hybridized carbons (Fsp3) is 0.143. The van der Waals surface area contributed by atoms with E-state index in [1.165, 1.54) is 0 Å². The zero-order valence-corrected chi connectivity index (χ0v) is 10.7. The molecule has 0 radical (unpaired) electrons. The normalized spacial score (nSPS) is 13.6. The van der Waals surface area contributed by atoms with Crippen LogP contribution in [-0.4, -0.2) is 27.5 Å². The summed E-state index contributed by atoms with van der Waals surface area (Å²) in [6.45, 7) is 1.51. The number of imidazole rings is 1. The lowest BCUT2D eigenvalue weighted by Crippen LogP contribution is -2.17. The van der Waals surface area contributed by atoms with Crippen LogP contribution in [0.15, 0.2) is 36.8 Å². The summed E-state index contributed by atoms with van der Waals surface area (Å²) in [6.07, 6.45) is 5.49. The maximum Gasteiger partial charge on any atom is 0.179 e. The van der Waals surface area contributed by atoms with Crippen molar-refractivity contribution in [2.75, 3.05) is 24.2 Å². The first-order valence-corrected chi connectivity index (χ1v) is 6.41. The highest BCUT2D eigenvalue weighted by Gasteiger charge is 2.12. The third-order valence-corrected chi connectivity index (χ3v) is 3.35. The van der Waals surface area contributed by atoms with Crippen molar-refractivity contribution in [2.24, 2.45) is 0 Å². The van der Waals surface area contributed by atoms with E-state index in [4.69, 9.17) is 10.5 Å². The summed E-state index contributed by atoms with van der Waals surface area (Å²) >= 11 is 0. The molecule has 1 aliphatic rings. The van der Waals surface area contributed by atoms with Gasteiger partial charge in [-0.15, -0.1) is 0 Å². The van der Waals surface area contributed by atoms with E-state index in [1.807, 2.05) is 35.0 Å². The van der Waals surface area contributed by atoms with E-state index in [2.05, 4.69) is 15.3 Å². The molecule has 4 rings (SSSR count). The number of ether oxygens (including phenoxy) is 1. The molecule has 1 aromatic carbocycles. The van der Waals surface area contributed by atoms with Gasteiger partial charge in [0.25, 0.3) is 0 Å². The van der Waals surface area contributed by atoms with Crippen LogP contribution in [-0.2, 0) is 0 Å². The Morgan fingerprint density at radius 3 is 3.25 bits per heavy atom. The number of hydrogen-bond donors (Lipinski definition) is 2. The molecule has 0 fully saturated rings. The summed E-state index contributed by atoms with van der Waals surface area (Å²) in [4.78, 5) is 8.58. The SMILES string of the molecule is Nc1nc(-c2ccc3c(c2)NCCO3)cn2ccnc12. The molecule has 6 nitrogen and oxygen atoms in total. The topological polar surface area (TPSA) is 77.5 Å². The van der Waals surface area contributed by atoms with Crippen LogP contribution in [0.5, 0.6) is 5.75 Å². The molecule has 3 aromatic rings. The molecule has 100 valence electrons. The van der Waals surface area contributed by atoms with Gasteiger partial charge in [0.15, 0.2) is 11.5 Å². The summed E-state index contributed by atoms with van der Waals surface area (Å²) in [7, 11) is 0. The highest BCUT2D eigenvalue weighted by molar-refractivity contribution is 5.72. The highest BCUT2D eigenvalue weighted by atomic mass is 16.5. The molecule has 20 heavy (non-hydrogen) atoms. The van der Waals surface area contributed by atoms with Crippen molar-refractivity contribution in [3.63, 3.8) is 0 Å². The van der Waals surface area contributed by atoms with Crippen LogP contribution in [0.1, 0.15) is 0 Å². The van der Waals surface area contributed by atoms with Crippen molar-refractivity contribution >= 4 is 17.2 Å². The number of hydrogen-bond acceptors (Lipinski definition) is 5. The molecule has 0 saturated carbocycles. The van der Waals surface area contributed by atoms with Crippen molar-refractivity contribution in [3.8, 4) is 17.0 Å². The highest BCUT2D eigenvalue weighted by Crippen LogP contribution is 2.32. The number of anilines is 2. The van der Waals surface area contributed by atoms with E-state index >= 15 is 0 Å². The van der Waals surface area contributed by atoms with E-state index in [0.29, 0.717) is 18.1 Å². The minimum atomic E-state index is 0.425. The number of nitrogens with one attached hydrogen (secondary N) is 1. The Morgan fingerprint density at radius 2 is 2.30 bits per heavy atom. The number of fused-ring (bicyclic) bond motifs is 2. The van der Waals surface area contributed by atoms with Gasteiger partial charge in [0.05, 0.1) is 11.4 Å². The Bertz CT molecular complexity index is 795. The Labute approximate surface area is 115 Å². The average Bonchev–Trinajstić information content (AvgIpc) is 2.96. The van der Waals surface area contributed by atoms with E-state index in [1.54, 1.807) is 6.20 Å².